The standard InChI is InChI=1S/C18H12O2S/c19-21(20)17-7-3-6-12-8-9-15-10-13-4-1-2-5-14(13)11-16(15)18(12)17/h1-11H,(H,19,20). The van der Waals surface area contributed by atoms with E-state index in [1.54, 1.807) is 6.07 Å². The van der Waals surface area contributed by atoms with E-state index in [-0.39, 0.29) is 0 Å². The second-order valence-corrected chi connectivity index (χ2v) is 6.03. The molecule has 3 heteroatoms. The highest BCUT2D eigenvalue weighted by Crippen LogP contribution is 2.32. The number of hydrogen-bond acceptors (Lipinski definition) is 1. The van der Waals surface area contributed by atoms with Gasteiger partial charge in [-0.05, 0) is 45.1 Å². The van der Waals surface area contributed by atoms with Crippen LogP contribution in [0.3, 0.4) is 0 Å². The zero-order chi connectivity index (χ0) is 14.4. The van der Waals surface area contributed by atoms with E-state index in [9.17, 15) is 8.76 Å². The summed E-state index contributed by atoms with van der Waals surface area (Å²) in [5, 5.41) is 6.26. The fourth-order valence-electron chi connectivity index (χ4n) is 2.91. The summed E-state index contributed by atoms with van der Waals surface area (Å²) in [6.45, 7) is 0. The highest BCUT2D eigenvalue weighted by atomic mass is 32.2. The van der Waals surface area contributed by atoms with Crippen LogP contribution in [0.5, 0.6) is 0 Å². The van der Waals surface area contributed by atoms with Crippen molar-refractivity contribution in [3.8, 4) is 0 Å². The minimum atomic E-state index is -1.99. The Bertz CT molecular complexity index is 1020. The van der Waals surface area contributed by atoms with Crippen molar-refractivity contribution in [1.29, 1.82) is 0 Å². The predicted molar refractivity (Wildman–Crippen MR) is 88.0 cm³/mol. The first-order valence-corrected chi connectivity index (χ1v) is 7.80. The first kappa shape index (κ1) is 12.5. The summed E-state index contributed by atoms with van der Waals surface area (Å²) in [5.74, 6) is 0. The van der Waals surface area contributed by atoms with Crippen LogP contribution in [0, 0.1) is 0 Å². The Labute approximate surface area is 124 Å². The van der Waals surface area contributed by atoms with Crippen molar-refractivity contribution in [2.75, 3.05) is 0 Å². The Morgan fingerprint density at radius 2 is 1.38 bits per heavy atom. The summed E-state index contributed by atoms with van der Waals surface area (Å²) in [6, 6.07) is 22.0. The SMILES string of the molecule is O=S(O)c1cccc2ccc3cc4ccccc4cc3c12. The van der Waals surface area contributed by atoms with Gasteiger partial charge in [0.15, 0.2) is 11.1 Å². The molecule has 4 aromatic rings. The third-order valence-electron chi connectivity index (χ3n) is 3.88. The van der Waals surface area contributed by atoms with Crippen LogP contribution in [-0.4, -0.2) is 8.76 Å². The molecule has 0 aromatic heterocycles. The van der Waals surface area contributed by atoms with Crippen molar-refractivity contribution in [1.82, 2.24) is 0 Å². The van der Waals surface area contributed by atoms with Gasteiger partial charge in [-0.2, -0.15) is 0 Å². The van der Waals surface area contributed by atoms with Gasteiger partial charge in [0.1, 0.15) is 0 Å². The van der Waals surface area contributed by atoms with Crippen molar-refractivity contribution in [2.24, 2.45) is 0 Å². The molecule has 2 nitrogen and oxygen atoms in total. The van der Waals surface area contributed by atoms with Crippen LogP contribution in [0.1, 0.15) is 0 Å². The maximum Gasteiger partial charge on any atom is 0.187 e. The summed E-state index contributed by atoms with van der Waals surface area (Å²) in [4.78, 5) is 0.466. The molecule has 0 aliphatic heterocycles. The molecule has 0 radical (unpaired) electrons. The Morgan fingerprint density at radius 3 is 2.14 bits per heavy atom. The largest absolute Gasteiger partial charge is 0.302 e. The van der Waals surface area contributed by atoms with Crippen molar-refractivity contribution in [3.05, 3.63) is 66.7 Å². The van der Waals surface area contributed by atoms with E-state index in [0.29, 0.717) is 4.90 Å². The third-order valence-corrected chi connectivity index (χ3v) is 4.59. The van der Waals surface area contributed by atoms with Gasteiger partial charge in [0.25, 0.3) is 0 Å². The van der Waals surface area contributed by atoms with Crippen LogP contribution < -0.4 is 0 Å². The molecular weight excluding hydrogens is 280 g/mol. The van der Waals surface area contributed by atoms with Gasteiger partial charge >= 0.3 is 0 Å². The topological polar surface area (TPSA) is 37.3 Å². The molecule has 0 saturated carbocycles. The Balaban J connectivity index is 2.26. The fraction of sp³-hybridized carbons (Fsp3) is 0. The molecule has 0 heterocycles. The molecule has 21 heavy (non-hydrogen) atoms. The predicted octanol–water partition coefficient (Wildman–Crippen LogP) is 4.73. The quantitative estimate of drug-likeness (QED) is 0.313. The number of benzene rings is 4. The van der Waals surface area contributed by atoms with E-state index < -0.39 is 11.1 Å². The van der Waals surface area contributed by atoms with Gasteiger partial charge in [-0.3, -0.25) is 0 Å². The normalized spacial score (nSPS) is 13.0. The van der Waals surface area contributed by atoms with Gasteiger partial charge in [-0.1, -0.05) is 48.5 Å². The lowest BCUT2D eigenvalue weighted by Gasteiger charge is -2.09. The molecule has 1 N–H and O–H groups in total. The molecule has 1 atom stereocenters. The van der Waals surface area contributed by atoms with Gasteiger partial charge < -0.3 is 4.55 Å². The van der Waals surface area contributed by atoms with E-state index in [0.717, 1.165) is 26.9 Å². The van der Waals surface area contributed by atoms with Gasteiger partial charge in [0.2, 0.25) is 0 Å². The molecule has 0 amide bonds. The minimum Gasteiger partial charge on any atom is -0.302 e. The van der Waals surface area contributed by atoms with Crippen LogP contribution in [0.25, 0.3) is 32.3 Å². The van der Waals surface area contributed by atoms with E-state index in [4.69, 9.17) is 0 Å². The second kappa shape index (κ2) is 4.65. The molecule has 4 aromatic carbocycles. The monoisotopic (exact) mass is 292 g/mol. The first-order valence-electron chi connectivity index (χ1n) is 6.69. The molecular formula is C18H12O2S. The van der Waals surface area contributed by atoms with Crippen LogP contribution in [0.2, 0.25) is 0 Å². The first-order chi connectivity index (χ1) is 10.2. The molecule has 0 aliphatic rings. The maximum absolute atomic E-state index is 11.6. The lowest BCUT2D eigenvalue weighted by atomic mass is 9.98. The molecule has 1 unspecified atom stereocenters. The van der Waals surface area contributed by atoms with Crippen LogP contribution in [-0.2, 0) is 11.1 Å². The summed E-state index contributed by atoms with van der Waals surface area (Å²) in [6.07, 6.45) is 0. The summed E-state index contributed by atoms with van der Waals surface area (Å²) in [7, 11) is 0. The van der Waals surface area contributed by atoms with Crippen molar-refractivity contribution < 1.29 is 8.76 Å². The van der Waals surface area contributed by atoms with E-state index >= 15 is 0 Å². The van der Waals surface area contributed by atoms with Gasteiger partial charge in [-0.25, -0.2) is 4.21 Å². The molecule has 4 rings (SSSR count). The molecule has 0 saturated heterocycles. The summed E-state index contributed by atoms with van der Waals surface area (Å²) >= 11 is -1.99. The second-order valence-electron chi connectivity index (χ2n) is 5.09. The Kier molecular flexibility index (Phi) is 2.77. The highest BCUT2D eigenvalue weighted by molar-refractivity contribution is 7.79. The van der Waals surface area contributed by atoms with E-state index in [1.807, 2.05) is 30.3 Å². The minimum absolute atomic E-state index is 0.466. The van der Waals surface area contributed by atoms with Gasteiger partial charge in [-0.15, -0.1) is 0 Å². The van der Waals surface area contributed by atoms with E-state index in [2.05, 4.69) is 30.3 Å². The lowest BCUT2D eigenvalue weighted by molar-refractivity contribution is 0.565. The third kappa shape index (κ3) is 1.94. The average Bonchev–Trinajstić information content (AvgIpc) is 2.52. The van der Waals surface area contributed by atoms with Gasteiger partial charge in [0, 0.05) is 5.39 Å². The van der Waals surface area contributed by atoms with Crippen LogP contribution in [0.4, 0.5) is 0 Å². The smallest absolute Gasteiger partial charge is 0.187 e. The summed E-state index contributed by atoms with van der Waals surface area (Å²) in [5.41, 5.74) is 0. The number of hydrogen-bond donors (Lipinski definition) is 1. The number of fused-ring (bicyclic) bond motifs is 4. The van der Waals surface area contributed by atoms with Crippen LogP contribution in [0.15, 0.2) is 71.6 Å². The maximum atomic E-state index is 11.6. The number of rotatable bonds is 1. The van der Waals surface area contributed by atoms with Crippen molar-refractivity contribution >= 4 is 43.4 Å². The van der Waals surface area contributed by atoms with Crippen LogP contribution >= 0.6 is 0 Å². The molecule has 0 spiro atoms. The molecule has 0 fully saturated rings. The zero-order valence-electron chi connectivity index (χ0n) is 11.1. The van der Waals surface area contributed by atoms with Gasteiger partial charge in [0.05, 0.1) is 4.90 Å². The zero-order valence-corrected chi connectivity index (χ0v) is 11.9. The Morgan fingerprint density at radius 1 is 0.714 bits per heavy atom. The van der Waals surface area contributed by atoms with E-state index in [1.165, 1.54) is 5.39 Å². The highest BCUT2D eigenvalue weighted by Gasteiger charge is 2.10. The molecule has 0 aliphatic carbocycles. The fourth-order valence-corrected chi connectivity index (χ4v) is 3.51. The molecule has 0 bridgehead atoms. The van der Waals surface area contributed by atoms with Crippen molar-refractivity contribution in [3.63, 3.8) is 0 Å². The van der Waals surface area contributed by atoms with Crippen molar-refractivity contribution in [2.45, 2.75) is 4.90 Å². The summed E-state index contributed by atoms with van der Waals surface area (Å²) < 4.78 is 21.2. The molecule has 102 valence electrons. The average molecular weight is 292 g/mol. The lowest BCUT2D eigenvalue weighted by Crippen LogP contribution is -1.91. The Hall–Kier alpha value is -2.23.